The second kappa shape index (κ2) is 9.04. The maximum absolute atomic E-state index is 12.5. The molecular formula is C21H15BrN4O5S2. The van der Waals surface area contributed by atoms with E-state index in [1.54, 1.807) is 48.5 Å². The van der Waals surface area contributed by atoms with Crippen molar-refractivity contribution in [2.24, 2.45) is 10.1 Å². The number of hydrogen-bond acceptors (Lipinski definition) is 8. The van der Waals surface area contributed by atoms with Crippen molar-refractivity contribution in [3.63, 3.8) is 0 Å². The van der Waals surface area contributed by atoms with E-state index in [0.717, 1.165) is 16.8 Å². The second-order valence-corrected chi connectivity index (χ2v) is 11.0. The Labute approximate surface area is 201 Å². The van der Waals surface area contributed by atoms with Gasteiger partial charge in [-0.1, -0.05) is 31.2 Å². The van der Waals surface area contributed by atoms with E-state index in [0.29, 0.717) is 15.6 Å². The van der Waals surface area contributed by atoms with Crippen molar-refractivity contribution in [2.75, 3.05) is 5.75 Å². The summed E-state index contributed by atoms with van der Waals surface area (Å²) in [7, 11) is -3.60. The van der Waals surface area contributed by atoms with Crippen molar-refractivity contribution in [1.82, 2.24) is 5.01 Å². The number of amides is 1. The minimum absolute atomic E-state index is 0.0264. The highest BCUT2D eigenvalue weighted by Gasteiger charge is 2.39. The SMILES string of the molecule is CCS(=O)(=O)C1=NN2C(=N)/C(=C/c3ccc(OC(=O)c4ccccc4)c(Br)c3)C(=O)N=C2S1. The van der Waals surface area contributed by atoms with E-state index in [2.05, 4.69) is 26.0 Å². The molecule has 4 rings (SSSR count). The van der Waals surface area contributed by atoms with Crippen molar-refractivity contribution in [3.05, 3.63) is 69.7 Å². The van der Waals surface area contributed by atoms with Gasteiger partial charge in [-0.25, -0.2) is 13.2 Å². The normalized spacial score (nSPS) is 17.0. The molecule has 2 aromatic carbocycles. The summed E-state index contributed by atoms with van der Waals surface area (Å²) in [6.07, 6.45) is 1.44. The summed E-state index contributed by atoms with van der Waals surface area (Å²) in [6.45, 7) is 1.48. The number of halogens is 1. The van der Waals surface area contributed by atoms with E-state index in [1.807, 2.05) is 0 Å². The third-order valence-electron chi connectivity index (χ3n) is 4.56. The van der Waals surface area contributed by atoms with Crippen LogP contribution in [0.3, 0.4) is 0 Å². The molecule has 1 N–H and O–H groups in total. The van der Waals surface area contributed by atoms with Gasteiger partial charge in [0.05, 0.1) is 21.4 Å². The first-order valence-corrected chi connectivity index (χ1v) is 12.8. The van der Waals surface area contributed by atoms with Crippen molar-refractivity contribution in [1.29, 1.82) is 5.41 Å². The van der Waals surface area contributed by atoms with Crippen molar-refractivity contribution in [3.8, 4) is 5.75 Å². The monoisotopic (exact) mass is 546 g/mol. The van der Waals surface area contributed by atoms with Crippen LogP contribution in [-0.2, 0) is 14.6 Å². The zero-order chi connectivity index (χ0) is 23.8. The van der Waals surface area contributed by atoms with Gasteiger partial charge in [-0.3, -0.25) is 10.2 Å². The highest BCUT2D eigenvalue weighted by Crippen LogP contribution is 2.32. The summed E-state index contributed by atoms with van der Waals surface area (Å²) in [5.41, 5.74) is 0.878. The third-order valence-corrected chi connectivity index (χ3v) is 8.27. The Morgan fingerprint density at radius 2 is 1.97 bits per heavy atom. The number of ether oxygens (including phenoxy) is 1. The average Bonchev–Trinajstić information content (AvgIpc) is 3.24. The molecule has 2 aliphatic rings. The molecule has 2 aromatic rings. The number of carbonyl (C=O) groups is 2. The molecule has 9 nitrogen and oxygen atoms in total. The number of nitrogens with zero attached hydrogens (tertiary/aromatic N) is 3. The molecule has 0 fully saturated rings. The van der Waals surface area contributed by atoms with Crippen LogP contribution in [0.5, 0.6) is 5.75 Å². The molecule has 168 valence electrons. The zero-order valence-corrected chi connectivity index (χ0v) is 20.2. The lowest BCUT2D eigenvalue weighted by molar-refractivity contribution is -0.114. The first-order chi connectivity index (χ1) is 15.7. The van der Waals surface area contributed by atoms with E-state index in [9.17, 15) is 18.0 Å². The van der Waals surface area contributed by atoms with Crippen LogP contribution >= 0.6 is 27.7 Å². The van der Waals surface area contributed by atoms with Gasteiger partial charge in [-0.2, -0.15) is 10.0 Å². The van der Waals surface area contributed by atoms with Gasteiger partial charge in [0.25, 0.3) is 5.91 Å². The van der Waals surface area contributed by atoms with E-state index in [1.165, 1.54) is 13.0 Å². The topological polar surface area (TPSA) is 129 Å². The molecule has 2 heterocycles. The molecule has 12 heteroatoms. The van der Waals surface area contributed by atoms with Gasteiger partial charge in [0.15, 0.2) is 5.84 Å². The lowest BCUT2D eigenvalue weighted by atomic mass is 10.1. The zero-order valence-electron chi connectivity index (χ0n) is 17.0. The van der Waals surface area contributed by atoms with Gasteiger partial charge < -0.3 is 4.74 Å². The van der Waals surface area contributed by atoms with Gasteiger partial charge >= 0.3 is 5.97 Å². The highest BCUT2D eigenvalue weighted by molar-refractivity contribution is 9.10. The number of hydrogen-bond donors (Lipinski definition) is 1. The van der Waals surface area contributed by atoms with Gasteiger partial charge in [0, 0.05) is 0 Å². The van der Waals surface area contributed by atoms with Gasteiger partial charge in [0.1, 0.15) is 5.75 Å². The average molecular weight is 547 g/mol. The third kappa shape index (κ3) is 4.68. The molecule has 1 amide bonds. The Morgan fingerprint density at radius 3 is 2.64 bits per heavy atom. The fraction of sp³-hybridized carbons (Fsp3) is 0.0952. The summed E-state index contributed by atoms with van der Waals surface area (Å²) in [5, 5.41) is 13.4. The minimum atomic E-state index is -3.60. The van der Waals surface area contributed by atoms with E-state index >= 15 is 0 Å². The maximum Gasteiger partial charge on any atom is 0.343 e. The summed E-state index contributed by atoms with van der Waals surface area (Å²) < 4.78 is 29.9. The Balaban J connectivity index is 1.58. The van der Waals surface area contributed by atoms with Crippen molar-refractivity contribution in [2.45, 2.75) is 6.92 Å². The van der Waals surface area contributed by atoms with Crippen LogP contribution in [0.15, 0.2) is 68.7 Å². The Bertz CT molecular complexity index is 1380. The molecule has 0 bridgehead atoms. The number of fused-ring (bicyclic) bond motifs is 1. The Hall–Kier alpha value is -3.09. The molecule has 0 aliphatic carbocycles. The van der Waals surface area contributed by atoms with Gasteiger partial charge in [-0.15, -0.1) is 5.10 Å². The highest BCUT2D eigenvalue weighted by atomic mass is 79.9. The predicted octanol–water partition coefficient (Wildman–Crippen LogP) is 3.68. The minimum Gasteiger partial charge on any atom is -0.422 e. The lowest BCUT2D eigenvalue weighted by Gasteiger charge is -2.20. The fourth-order valence-corrected chi connectivity index (χ4v) is 5.45. The molecule has 0 spiro atoms. The summed E-state index contributed by atoms with van der Waals surface area (Å²) in [5.74, 6) is -1.35. The molecular weight excluding hydrogens is 532 g/mol. The quantitative estimate of drug-likeness (QED) is 0.351. The molecule has 0 saturated heterocycles. The summed E-state index contributed by atoms with van der Waals surface area (Å²) in [4.78, 5) is 28.7. The molecule has 0 saturated carbocycles. The van der Waals surface area contributed by atoms with E-state index in [-0.39, 0.29) is 32.5 Å². The first-order valence-electron chi connectivity index (χ1n) is 9.49. The van der Waals surface area contributed by atoms with Crippen LogP contribution in [0.25, 0.3) is 6.08 Å². The first kappa shape index (κ1) is 23.1. The predicted molar refractivity (Wildman–Crippen MR) is 130 cm³/mol. The van der Waals surface area contributed by atoms with Crippen LogP contribution in [0.4, 0.5) is 0 Å². The number of esters is 1. The number of hydrazone groups is 1. The number of sulfone groups is 1. The van der Waals surface area contributed by atoms with Crippen LogP contribution in [0.2, 0.25) is 0 Å². The second-order valence-electron chi connectivity index (χ2n) is 6.73. The van der Waals surface area contributed by atoms with Gasteiger partial charge in [-0.05, 0) is 63.6 Å². The van der Waals surface area contributed by atoms with Gasteiger partial charge in [0.2, 0.25) is 19.4 Å². The van der Waals surface area contributed by atoms with Crippen LogP contribution < -0.4 is 4.74 Å². The number of amidine groups is 2. The number of nitrogens with one attached hydrogen (secondary N) is 1. The van der Waals surface area contributed by atoms with Crippen LogP contribution in [0.1, 0.15) is 22.8 Å². The number of carbonyl (C=O) groups excluding carboxylic acids is 2. The molecule has 33 heavy (non-hydrogen) atoms. The number of aliphatic imine (C=N–C) groups is 1. The van der Waals surface area contributed by atoms with Crippen LogP contribution in [0, 0.1) is 5.41 Å². The van der Waals surface area contributed by atoms with Crippen molar-refractivity contribution < 1.29 is 22.7 Å². The molecule has 0 unspecified atom stereocenters. The molecule has 2 aliphatic heterocycles. The maximum atomic E-state index is 12.5. The largest absolute Gasteiger partial charge is 0.422 e. The number of benzene rings is 2. The number of thioether (sulfide) groups is 1. The summed E-state index contributed by atoms with van der Waals surface area (Å²) in [6, 6.07) is 13.3. The lowest BCUT2D eigenvalue weighted by Crippen LogP contribution is -2.35. The molecule has 0 radical (unpaired) electrons. The Morgan fingerprint density at radius 1 is 1.24 bits per heavy atom. The number of rotatable bonds is 4. The smallest absolute Gasteiger partial charge is 0.343 e. The standard InChI is InChI=1S/C21H15BrN4O5S2/c1-2-33(29,30)21-25-26-17(23)14(18(27)24-20(26)32-21)10-12-8-9-16(15(22)11-12)31-19(28)13-6-4-3-5-7-13/h3-11,23H,2H2,1H3/b14-10-,23-17?. The Kier molecular flexibility index (Phi) is 6.32. The molecule has 0 aromatic heterocycles. The fourth-order valence-electron chi connectivity index (χ4n) is 2.81. The van der Waals surface area contributed by atoms with Crippen LogP contribution in [-0.4, -0.2) is 46.4 Å². The van der Waals surface area contributed by atoms with E-state index < -0.39 is 21.7 Å². The van der Waals surface area contributed by atoms with Crippen molar-refractivity contribution >= 4 is 70.9 Å². The molecule has 0 atom stereocenters. The van der Waals surface area contributed by atoms with E-state index in [4.69, 9.17) is 10.1 Å². The summed E-state index contributed by atoms with van der Waals surface area (Å²) >= 11 is 4.09.